The predicted molar refractivity (Wildman–Crippen MR) is 148 cm³/mol. The van der Waals surface area contributed by atoms with Crippen molar-refractivity contribution in [2.24, 2.45) is 0 Å². The Morgan fingerprint density at radius 2 is 1.74 bits per heavy atom. The van der Waals surface area contributed by atoms with Crippen molar-refractivity contribution < 1.29 is 23.1 Å². The number of carbonyl (C=O) groups is 1. The lowest BCUT2D eigenvalue weighted by Gasteiger charge is -2.15. The first-order valence-electron chi connectivity index (χ1n) is 11.6. The molecule has 1 atom stereocenters. The monoisotopic (exact) mass is 570 g/mol. The maximum absolute atomic E-state index is 13.0. The zero-order chi connectivity index (χ0) is 27.3. The molecule has 0 saturated heterocycles. The van der Waals surface area contributed by atoms with E-state index in [1.165, 1.54) is 24.3 Å². The summed E-state index contributed by atoms with van der Waals surface area (Å²) in [5.74, 6) is 4.61. The molecule has 0 radical (unpaired) electrons. The Morgan fingerprint density at radius 1 is 1.05 bits per heavy atom. The summed E-state index contributed by atoms with van der Waals surface area (Å²) >= 11 is 12.3. The minimum atomic E-state index is -4.13. The van der Waals surface area contributed by atoms with E-state index in [9.17, 15) is 18.3 Å². The molecule has 38 heavy (non-hydrogen) atoms. The second-order valence-electron chi connectivity index (χ2n) is 8.47. The highest BCUT2D eigenvalue weighted by atomic mass is 35.5. The molecule has 1 unspecified atom stereocenters. The quantitative estimate of drug-likeness (QED) is 0.250. The van der Waals surface area contributed by atoms with Crippen LogP contribution in [0, 0.1) is 11.8 Å². The fraction of sp³-hybridized carbons (Fsp3) is 0.179. The minimum absolute atomic E-state index is 0.0779. The molecule has 0 aliphatic carbocycles. The molecule has 0 bridgehead atoms. The second-order valence-corrected chi connectivity index (χ2v) is 11.1. The fourth-order valence-corrected chi connectivity index (χ4v) is 5.47. The fourth-order valence-electron chi connectivity index (χ4n) is 3.98. The van der Waals surface area contributed by atoms with Crippen LogP contribution in [0.15, 0.2) is 77.8 Å². The molecule has 0 amide bonds. The summed E-state index contributed by atoms with van der Waals surface area (Å²) in [7, 11) is -4.13. The number of hydrogen-bond donors (Lipinski definition) is 2. The van der Waals surface area contributed by atoms with Crippen LogP contribution in [0.5, 0.6) is 5.75 Å². The number of carboxylic acids is 1. The summed E-state index contributed by atoms with van der Waals surface area (Å²) in [6, 6.07) is 17.1. The number of halogens is 2. The molecular formula is C28H24Cl2N2O5S. The molecule has 1 heterocycles. The molecule has 1 aromatic heterocycles. The number of carboxylic acid groups (broad SMARTS) is 1. The number of rotatable bonds is 10. The maximum atomic E-state index is 13.0. The lowest BCUT2D eigenvalue weighted by molar-refractivity contribution is -0.138. The van der Waals surface area contributed by atoms with Gasteiger partial charge in [0.1, 0.15) is 18.4 Å². The van der Waals surface area contributed by atoms with Gasteiger partial charge in [-0.25, -0.2) is 8.42 Å². The molecular weight excluding hydrogens is 547 g/mol. The SMILES string of the molecule is CC#CCOc1ccc(S(=O)(=O)NC(Cc2cn(Cc3ccc(Cl)cc3)c3ccc(Cl)cc23)C(=O)O)cc1. The van der Waals surface area contributed by atoms with Crippen LogP contribution in [0.25, 0.3) is 10.9 Å². The molecule has 4 aromatic rings. The smallest absolute Gasteiger partial charge is 0.322 e. The normalized spacial score (nSPS) is 12.1. The number of hydrogen-bond acceptors (Lipinski definition) is 4. The molecule has 196 valence electrons. The summed E-state index contributed by atoms with van der Waals surface area (Å²) in [4.78, 5) is 12.1. The zero-order valence-electron chi connectivity index (χ0n) is 20.3. The van der Waals surface area contributed by atoms with E-state index in [-0.39, 0.29) is 17.9 Å². The van der Waals surface area contributed by atoms with Crippen molar-refractivity contribution in [3.8, 4) is 17.6 Å². The van der Waals surface area contributed by atoms with Gasteiger partial charge in [-0.15, -0.1) is 5.92 Å². The van der Waals surface area contributed by atoms with Gasteiger partial charge in [0.05, 0.1) is 4.90 Å². The molecule has 3 aromatic carbocycles. The van der Waals surface area contributed by atoms with E-state index in [1.54, 1.807) is 31.2 Å². The van der Waals surface area contributed by atoms with E-state index >= 15 is 0 Å². The second kappa shape index (κ2) is 11.9. The molecule has 0 saturated carbocycles. The van der Waals surface area contributed by atoms with Gasteiger partial charge in [0.2, 0.25) is 10.0 Å². The molecule has 10 heteroatoms. The van der Waals surface area contributed by atoms with E-state index in [0.717, 1.165) is 16.5 Å². The van der Waals surface area contributed by atoms with Gasteiger partial charge in [-0.3, -0.25) is 4.79 Å². The highest BCUT2D eigenvalue weighted by Crippen LogP contribution is 2.27. The Morgan fingerprint density at radius 3 is 2.39 bits per heavy atom. The Balaban J connectivity index is 1.59. The van der Waals surface area contributed by atoms with Crippen LogP contribution in [0.2, 0.25) is 10.0 Å². The van der Waals surface area contributed by atoms with Crippen molar-refractivity contribution in [1.82, 2.24) is 9.29 Å². The van der Waals surface area contributed by atoms with Gasteiger partial charge < -0.3 is 14.4 Å². The number of aromatic nitrogens is 1. The molecule has 7 nitrogen and oxygen atoms in total. The summed E-state index contributed by atoms with van der Waals surface area (Å²) < 4.78 is 35.8. The van der Waals surface area contributed by atoms with E-state index < -0.39 is 22.0 Å². The molecule has 0 aliphatic rings. The van der Waals surface area contributed by atoms with Crippen LogP contribution in [0.3, 0.4) is 0 Å². The van der Waals surface area contributed by atoms with Crippen LogP contribution < -0.4 is 9.46 Å². The van der Waals surface area contributed by atoms with Crippen molar-refractivity contribution in [2.75, 3.05) is 6.61 Å². The number of benzene rings is 3. The lowest BCUT2D eigenvalue weighted by Crippen LogP contribution is -2.42. The number of nitrogens with zero attached hydrogens (tertiary/aromatic N) is 1. The van der Waals surface area contributed by atoms with Gasteiger partial charge in [0, 0.05) is 40.1 Å². The van der Waals surface area contributed by atoms with Crippen molar-refractivity contribution in [3.05, 3.63) is 94.1 Å². The third-order valence-corrected chi connectivity index (χ3v) is 7.81. The molecule has 0 spiro atoms. The minimum Gasteiger partial charge on any atom is -0.481 e. The summed E-state index contributed by atoms with van der Waals surface area (Å²) in [6.07, 6.45) is 1.74. The van der Waals surface area contributed by atoms with E-state index in [2.05, 4.69) is 16.6 Å². The Bertz CT molecular complexity index is 1620. The van der Waals surface area contributed by atoms with Crippen LogP contribution in [-0.2, 0) is 27.8 Å². The van der Waals surface area contributed by atoms with Gasteiger partial charge in [-0.05, 0) is 72.6 Å². The van der Waals surface area contributed by atoms with Crippen LogP contribution in [-0.4, -0.2) is 36.7 Å². The van der Waals surface area contributed by atoms with Gasteiger partial charge >= 0.3 is 5.97 Å². The van der Waals surface area contributed by atoms with Crippen LogP contribution in [0.1, 0.15) is 18.1 Å². The van der Waals surface area contributed by atoms with Crippen molar-refractivity contribution in [2.45, 2.75) is 30.8 Å². The number of fused-ring (bicyclic) bond motifs is 1. The largest absolute Gasteiger partial charge is 0.481 e. The first-order valence-corrected chi connectivity index (χ1v) is 13.8. The van der Waals surface area contributed by atoms with Crippen LogP contribution >= 0.6 is 23.2 Å². The van der Waals surface area contributed by atoms with Gasteiger partial charge in [0.15, 0.2) is 0 Å². The highest BCUT2D eigenvalue weighted by molar-refractivity contribution is 7.89. The van der Waals surface area contributed by atoms with E-state index in [4.69, 9.17) is 27.9 Å². The van der Waals surface area contributed by atoms with Crippen LogP contribution in [0.4, 0.5) is 0 Å². The Kier molecular flexibility index (Phi) is 8.65. The van der Waals surface area contributed by atoms with Gasteiger partial charge in [0.25, 0.3) is 0 Å². The maximum Gasteiger partial charge on any atom is 0.322 e. The number of aliphatic carboxylic acids is 1. The third-order valence-electron chi connectivity index (χ3n) is 5.83. The first-order chi connectivity index (χ1) is 18.2. The highest BCUT2D eigenvalue weighted by Gasteiger charge is 2.27. The summed E-state index contributed by atoms with van der Waals surface area (Å²) in [6.45, 7) is 2.38. The molecule has 4 rings (SSSR count). The molecule has 0 aliphatic heterocycles. The number of sulfonamides is 1. The van der Waals surface area contributed by atoms with E-state index in [0.29, 0.717) is 27.9 Å². The summed E-state index contributed by atoms with van der Waals surface area (Å²) in [5, 5.41) is 11.8. The Hall–Kier alpha value is -3.48. The van der Waals surface area contributed by atoms with Crippen molar-refractivity contribution >= 4 is 50.1 Å². The first kappa shape index (κ1) is 27.6. The lowest BCUT2D eigenvalue weighted by atomic mass is 10.1. The predicted octanol–water partition coefficient (Wildman–Crippen LogP) is 5.37. The average Bonchev–Trinajstić information content (AvgIpc) is 3.21. The van der Waals surface area contributed by atoms with Crippen molar-refractivity contribution in [1.29, 1.82) is 0 Å². The van der Waals surface area contributed by atoms with Crippen molar-refractivity contribution in [3.63, 3.8) is 0 Å². The van der Waals surface area contributed by atoms with Gasteiger partial charge in [-0.2, -0.15) is 4.72 Å². The van der Waals surface area contributed by atoms with E-state index in [1.807, 2.05) is 29.0 Å². The zero-order valence-corrected chi connectivity index (χ0v) is 22.6. The number of nitrogens with one attached hydrogen (secondary N) is 1. The topological polar surface area (TPSA) is 97.6 Å². The molecule has 2 N–H and O–H groups in total. The number of ether oxygens (including phenoxy) is 1. The third kappa shape index (κ3) is 6.69. The molecule has 0 fully saturated rings. The standard InChI is InChI=1S/C28H24Cl2N2O5S/c1-2-3-14-37-23-9-11-24(12-10-23)38(35,36)31-26(28(33)34)15-20-18-32(17-19-4-6-21(29)7-5-19)27-13-8-22(30)16-25(20)27/h4-13,16,18,26,31H,14-15,17H2,1H3,(H,33,34). The Labute approximate surface area is 231 Å². The summed E-state index contributed by atoms with van der Waals surface area (Å²) in [5.41, 5.74) is 2.49. The van der Waals surface area contributed by atoms with Gasteiger partial charge in [-0.1, -0.05) is 41.3 Å². The average molecular weight is 571 g/mol.